The van der Waals surface area contributed by atoms with E-state index in [1.807, 2.05) is 28.4 Å². The van der Waals surface area contributed by atoms with Crippen LogP contribution in [0.25, 0.3) is 0 Å². The fourth-order valence-corrected chi connectivity index (χ4v) is 11.9. The summed E-state index contributed by atoms with van der Waals surface area (Å²) in [6.45, 7) is 9.04. The van der Waals surface area contributed by atoms with Gasteiger partial charge in [-0.15, -0.1) is 0 Å². The van der Waals surface area contributed by atoms with Gasteiger partial charge in [0, 0.05) is 39.5 Å². The summed E-state index contributed by atoms with van der Waals surface area (Å²) >= 11 is 0. The molecule has 0 heterocycles. The second-order valence-electron chi connectivity index (χ2n) is 6.93. The SMILES string of the molecule is CCCCC[Si](OC)(OC)C(C)C(C)[Si](CCCCC)(OC)OC. The first-order valence-electron chi connectivity index (χ1n) is 9.64. The maximum atomic E-state index is 6.05. The quantitative estimate of drug-likeness (QED) is 0.274. The van der Waals surface area contributed by atoms with E-state index >= 15 is 0 Å². The summed E-state index contributed by atoms with van der Waals surface area (Å²) in [5.74, 6) is 0. The summed E-state index contributed by atoms with van der Waals surface area (Å²) < 4.78 is 24.2. The largest absolute Gasteiger partial charge is 0.397 e. The highest BCUT2D eigenvalue weighted by molar-refractivity contribution is 6.75. The normalized spacial score (nSPS) is 15.5. The standard InChI is InChI=1S/C18H42O4Si2/c1-9-11-13-15-23(19-5,20-6)17(3)18(4)24(21-7,22-8)16-14-12-10-2/h17-18H,9-16H2,1-8H3. The number of unbranched alkanes of at least 4 members (excludes halogenated alkanes) is 4. The van der Waals surface area contributed by atoms with Gasteiger partial charge in [0.05, 0.1) is 0 Å². The third kappa shape index (κ3) is 6.21. The van der Waals surface area contributed by atoms with Crippen molar-refractivity contribution in [1.29, 1.82) is 0 Å². The van der Waals surface area contributed by atoms with Gasteiger partial charge in [-0.3, -0.25) is 0 Å². The Labute approximate surface area is 153 Å². The van der Waals surface area contributed by atoms with Gasteiger partial charge in [-0.1, -0.05) is 66.2 Å². The molecule has 2 atom stereocenters. The first-order chi connectivity index (χ1) is 11.4. The maximum Gasteiger partial charge on any atom is 0.340 e. The van der Waals surface area contributed by atoms with Gasteiger partial charge < -0.3 is 17.7 Å². The minimum atomic E-state index is -2.26. The predicted octanol–water partition coefficient (Wildman–Crippen LogP) is 5.62. The van der Waals surface area contributed by atoms with Crippen LogP contribution in [-0.2, 0) is 17.7 Å². The number of rotatable bonds is 15. The van der Waals surface area contributed by atoms with Crippen LogP contribution in [0.3, 0.4) is 0 Å². The average Bonchev–Trinajstić information content (AvgIpc) is 2.62. The molecule has 6 heteroatoms. The molecule has 0 amide bonds. The molecule has 0 aromatic heterocycles. The molecule has 0 spiro atoms. The van der Waals surface area contributed by atoms with Gasteiger partial charge >= 0.3 is 17.1 Å². The van der Waals surface area contributed by atoms with Gasteiger partial charge in [0.2, 0.25) is 0 Å². The Bertz CT molecular complexity index is 277. The van der Waals surface area contributed by atoms with Crippen molar-refractivity contribution in [2.24, 2.45) is 0 Å². The lowest BCUT2D eigenvalue weighted by Gasteiger charge is -2.42. The molecule has 0 saturated heterocycles. The van der Waals surface area contributed by atoms with E-state index in [0.717, 1.165) is 12.1 Å². The van der Waals surface area contributed by atoms with Gasteiger partial charge in [-0.2, -0.15) is 0 Å². The molecule has 146 valence electrons. The lowest BCUT2D eigenvalue weighted by molar-refractivity contribution is 0.203. The van der Waals surface area contributed by atoms with Crippen LogP contribution in [0.4, 0.5) is 0 Å². The summed E-state index contributed by atoms with van der Waals surface area (Å²) in [6, 6.07) is 2.10. The Balaban J connectivity index is 5.28. The van der Waals surface area contributed by atoms with E-state index in [0.29, 0.717) is 11.1 Å². The van der Waals surface area contributed by atoms with Gasteiger partial charge in [0.25, 0.3) is 0 Å². The molecular weight excluding hydrogens is 336 g/mol. The highest BCUT2D eigenvalue weighted by atomic mass is 28.4. The fourth-order valence-electron chi connectivity index (χ4n) is 3.78. The third-order valence-corrected chi connectivity index (χ3v) is 14.8. The number of hydrogen-bond acceptors (Lipinski definition) is 4. The predicted molar refractivity (Wildman–Crippen MR) is 107 cm³/mol. The highest BCUT2D eigenvalue weighted by Gasteiger charge is 2.53. The average molecular weight is 379 g/mol. The molecule has 0 saturated carbocycles. The van der Waals surface area contributed by atoms with E-state index in [1.165, 1.54) is 38.5 Å². The third-order valence-electron chi connectivity index (χ3n) is 5.78. The molecule has 0 radical (unpaired) electrons. The molecule has 0 aromatic carbocycles. The van der Waals surface area contributed by atoms with E-state index in [9.17, 15) is 0 Å². The first-order valence-corrected chi connectivity index (χ1v) is 13.8. The van der Waals surface area contributed by atoms with Crippen LogP contribution >= 0.6 is 0 Å². The molecule has 2 unspecified atom stereocenters. The molecule has 24 heavy (non-hydrogen) atoms. The van der Waals surface area contributed by atoms with E-state index in [4.69, 9.17) is 17.7 Å². The molecule has 0 aliphatic carbocycles. The zero-order valence-electron chi connectivity index (χ0n) is 17.4. The van der Waals surface area contributed by atoms with Crippen LogP contribution in [0.5, 0.6) is 0 Å². The van der Waals surface area contributed by atoms with Crippen molar-refractivity contribution in [3.8, 4) is 0 Å². The topological polar surface area (TPSA) is 36.9 Å². The number of hydrogen-bond donors (Lipinski definition) is 0. The molecular formula is C18H42O4Si2. The van der Waals surface area contributed by atoms with Crippen LogP contribution < -0.4 is 0 Å². The second-order valence-corrected chi connectivity index (χ2v) is 14.6. The summed E-state index contributed by atoms with van der Waals surface area (Å²) in [6.07, 6.45) is 7.24. The van der Waals surface area contributed by atoms with Gasteiger partial charge in [-0.05, 0) is 12.1 Å². The van der Waals surface area contributed by atoms with Crippen molar-refractivity contribution in [1.82, 2.24) is 0 Å². The Hall–Kier alpha value is 0.274. The Morgan fingerprint density at radius 3 is 1.08 bits per heavy atom. The van der Waals surface area contributed by atoms with Crippen molar-refractivity contribution in [3.63, 3.8) is 0 Å². The Kier molecular flexibility index (Phi) is 12.7. The molecule has 4 nitrogen and oxygen atoms in total. The minimum absolute atomic E-state index is 0.345. The molecule has 0 fully saturated rings. The lowest BCUT2D eigenvalue weighted by Crippen LogP contribution is -2.53. The highest BCUT2D eigenvalue weighted by Crippen LogP contribution is 2.45. The second kappa shape index (κ2) is 12.6. The first kappa shape index (κ1) is 24.3. The van der Waals surface area contributed by atoms with Gasteiger partial charge in [0.15, 0.2) is 0 Å². The maximum absolute atomic E-state index is 6.05. The zero-order chi connectivity index (χ0) is 18.6. The van der Waals surface area contributed by atoms with Crippen molar-refractivity contribution < 1.29 is 17.7 Å². The van der Waals surface area contributed by atoms with Gasteiger partial charge in [-0.25, -0.2) is 0 Å². The fraction of sp³-hybridized carbons (Fsp3) is 1.00. The van der Waals surface area contributed by atoms with E-state index in [2.05, 4.69) is 27.7 Å². The monoisotopic (exact) mass is 378 g/mol. The van der Waals surface area contributed by atoms with Crippen molar-refractivity contribution in [3.05, 3.63) is 0 Å². The summed E-state index contributed by atoms with van der Waals surface area (Å²) in [4.78, 5) is 0. The van der Waals surface area contributed by atoms with E-state index in [1.54, 1.807) is 0 Å². The van der Waals surface area contributed by atoms with Crippen LogP contribution in [0.1, 0.15) is 66.2 Å². The summed E-state index contributed by atoms with van der Waals surface area (Å²) in [5, 5.41) is 0. The molecule has 0 rings (SSSR count). The minimum Gasteiger partial charge on any atom is -0.397 e. The zero-order valence-corrected chi connectivity index (χ0v) is 19.4. The van der Waals surface area contributed by atoms with E-state index in [-0.39, 0.29) is 0 Å². The molecule has 0 bridgehead atoms. The summed E-state index contributed by atoms with van der Waals surface area (Å²) in [7, 11) is 2.77. The van der Waals surface area contributed by atoms with Gasteiger partial charge in [0.1, 0.15) is 0 Å². The molecule has 0 N–H and O–H groups in total. The van der Waals surface area contributed by atoms with Crippen molar-refractivity contribution in [2.45, 2.75) is 89.4 Å². The lowest BCUT2D eigenvalue weighted by atomic mass is 10.3. The smallest absolute Gasteiger partial charge is 0.340 e. The van der Waals surface area contributed by atoms with Crippen LogP contribution in [-0.4, -0.2) is 45.6 Å². The summed E-state index contributed by atoms with van der Waals surface area (Å²) in [5.41, 5.74) is 0.690. The van der Waals surface area contributed by atoms with Crippen molar-refractivity contribution >= 4 is 17.1 Å². The van der Waals surface area contributed by atoms with E-state index < -0.39 is 17.1 Å². The molecule has 0 aromatic rings. The molecule has 0 aliphatic heterocycles. The Morgan fingerprint density at radius 1 is 0.583 bits per heavy atom. The molecule has 0 aliphatic rings. The van der Waals surface area contributed by atoms with Crippen LogP contribution in [0, 0.1) is 0 Å². The van der Waals surface area contributed by atoms with Crippen LogP contribution in [0.2, 0.25) is 23.2 Å². The van der Waals surface area contributed by atoms with Crippen molar-refractivity contribution in [2.75, 3.05) is 28.4 Å². The van der Waals surface area contributed by atoms with Crippen LogP contribution in [0.15, 0.2) is 0 Å². The Morgan fingerprint density at radius 2 is 0.875 bits per heavy atom.